The highest BCUT2D eigenvalue weighted by Crippen LogP contribution is 2.28. The first-order valence-corrected chi connectivity index (χ1v) is 7.93. The predicted molar refractivity (Wildman–Crippen MR) is 92.1 cm³/mol. The van der Waals surface area contributed by atoms with Crippen LogP contribution in [0.15, 0.2) is 34.0 Å². The average Bonchev–Trinajstić information content (AvgIpc) is 2.61. The van der Waals surface area contributed by atoms with E-state index in [1.807, 2.05) is 0 Å². The second-order valence-corrected chi connectivity index (χ2v) is 5.59. The first-order valence-electron chi connectivity index (χ1n) is 7.55. The van der Waals surface area contributed by atoms with E-state index >= 15 is 0 Å². The molecule has 0 bridgehead atoms. The summed E-state index contributed by atoms with van der Waals surface area (Å²) in [5.41, 5.74) is -1.76. The number of nitriles is 1. The van der Waals surface area contributed by atoms with Crippen molar-refractivity contribution in [2.45, 2.75) is 26.6 Å². The van der Waals surface area contributed by atoms with Crippen molar-refractivity contribution in [3.05, 3.63) is 55.8 Å². The van der Waals surface area contributed by atoms with E-state index in [1.165, 1.54) is 12.1 Å². The van der Waals surface area contributed by atoms with Crippen molar-refractivity contribution < 1.29 is 18.3 Å². The molecule has 1 aromatic heterocycles. The van der Waals surface area contributed by atoms with Gasteiger partial charge in [0.15, 0.2) is 0 Å². The van der Waals surface area contributed by atoms with E-state index in [1.54, 1.807) is 13.0 Å². The number of nitrogens with one attached hydrogen (secondary N) is 1. The topological polar surface area (TPSA) is 106 Å². The molecule has 0 atom stereocenters. The van der Waals surface area contributed by atoms with E-state index in [9.17, 15) is 23.2 Å². The second-order valence-electron chi connectivity index (χ2n) is 5.19. The van der Waals surface area contributed by atoms with Crippen LogP contribution in [0.5, 0.6) is 5.75 Å². The Morgan fingerprint density at radius 1 is 1.41 bits per heavy atom. The van der Waals surface area contributed by atoms with Gasteiger partial charge in [-0.05, 0) is 25.1 Å². The molecule has 8 nitrogen and oxygen atoms in total. The number of nitrogens with zero attached hydrogens (tertiary/aromatic N) is 3. The minimum Gasteiger partial charge on any atom is -0.433 e. The summed E-state index contributed by atoms with van der Waals surface area (Å²) in [5.74, 6) is -1.01. The minimum absolute atomic E-state index is 0.145. The number of carbonyl (C=O) groups is 1. The van der Waals surface area contributed by atoms with Gasteiger partial charge < -0.3 is 10.1 Å². The molecule has 1 heterocycles. The van der Waals surface area contributed by atoms with E-state index in [2.05, 4.69) is 10.1 Å². The predicted octanol–water partition coefficient (Wildman–Crippen LogP) is 1.80. The number of amides is 1. The monoisotopic (exact) mass is 398 g/mol. The Morgan fingerprint density at radius 2 is 2.11 bits per heavy atom. The van der Waals surface area contributed by atoms with Gasteiger partial charge in [0.1, 0.15) is 23.9 Å². The van der Waals surface area contributed by atoms with Crippen LogP contribution < -0.4 is 21.3 Å². The number of hydrogen-bond donors (Lipinski definition) is 1. The fourth-order valence-corrected chi connectivity index (χ4v) is 2.44. The molecule has 0 spiro atoms. The fourth-order valence-electron chi connectivity index (χ4n) is 2.21. The Kier molecular flexibility index (Phi) is 6.31. The summed E-state index contributed by atoms with van der Waals surface area (Å²) >= 11 is 5.79. The zero-order valence-corrected chi connectivity index (χ0v) is 14.7. The summed E-state index contributed by atoms with van der Waals surface area (Å²) in [6, 6.07) is 5.25. The highest BCUT2D eigenvalue weighted by atomic mass is 35.5. The lowest BCUT2D eigenvalue weighted by Crippen LogP contribution is -2.43. The van der Waals surface area contributed by atoms with Crippen molar-refractivity contribution in [2.24, 2.45) is 0 Å². The summed E-state index contributed by atoms with van der Waals surface area (Å²) in [6.45, 7) is -1.85. The molecule has 2 aromatic rings. The van der Waals surface area contributed by atoms with Crippen molar-refractivity contribution in [1.82, 2.24) is 9.13 Å². The van der Waals surface area contributed by atoms with Crippen LogP contribution in [-0.4, -0.2) is 21.7 Å². The molecule has 0 fully saturated rings. The van der Waals surface area contributed by atoms with E-state index < -0.39 is 30.3 Å². The SMILES string of the molecule is CCn1cc(C#N)c(=O)n(CC(=O)Nc2ccc(OC(F)F)c(Cl)c2)c1=O. The van der Waals surface area contributed by atoms with Crippen LogP contribution >= 0.6 is 11.6 Å². The van der Waals surface area contributed by atoms with E-state index in [0.717, 1.165) is 16.8 Å². The van der Waals surface area contributed by atoms with Gasteiger partial charge in [0.05, 0.1) is 5.02 Å². The van der Waals surface area contributed by atoms with E-state index in [-0.39, 0.29) is 28.6 Å². The zero-order valence-electron chi connectivity index (χ0n) is 13.9. The third-order valence-electron chi connectivity index (χ3n) is 3.43. The Morgan fingerprint density at radius 3 is 2.67 bits per heavy atom. The zero-order chi connectivity index (χ0) is 20.1. The molecule has 1 N–H and O–H groups in total. The maximum atomic E-state index is 12.2. The number of aromatic nitrogens is 2. The third-order valence-corrected chi connectivity index (χ3v) is 3.73. The van der Waals surface area contributed by atoms with Gasteiger partial charge in [0.25, 0.3) is 5.56 Å². The van der Waals surface area contributed by atoms with Crippen molar-refractivity contribution >= 4 is 23.2 Å². The number of ether oxygens (including phenoxy) is 1. The molecule has 142 valence electrons. The van der Waals surface area contributed by atoms with Crippen LogP contribution in [0.4, 0.5) is 14.5 Å². The van der Waals surface area contributed by atoms with E-state index in [0.29, 0.717) is 4.57 Å². The Hall–Kier alpha value is -3.19. The van der Waals surface area contributed by atoms with Crippen LogP contribution in [0, 0.1) is 11.3 Å². The Bertz CT molecular complexity index is 1030. The van der Waals surface area contributed by atoms with Crippen molar-refractivity contribution in [3.8, 4) is 11.8 Å². The molecule has 0 radical (unpaired) electrons. The number of halogens is 3. The molecule has 0 aliphatic heterocycles. The number of carbonyl (C=O) groups excluding carboxylic acids is 1. The number of rotatable bonds is 6. The van der Waals surface area contributed by atoms with Crippen LogP contribution in [0.2, 0.25) is 5.02 Å². The maximum absolute atomic E-state index is 12.2. The molecule has 1 aromatic carbocycles. The quantitative estimate of drug-likeness (QED) is 0.798. The molecule has 0 saturated heterocycles. The molecule has 0 aliphatic rings. The lowest BCUT2D eigenvalue weighted by atomic mass is 10.3. The summed E-state index contributed by atoms with van der Waals surface area (Å²) in [5, 5.41) is 11.2. The highest BCUT2D eigenvalue weighted by Gasteiger charge is 2.15. The number of alkyl halides is 2. The van der Waals surface area contributed by atoms with Gasteiger partial charge in [-0.15, -0.1) is 0 Å². The van der Waals surface area contributed by atoms with Gasteiger partial charge in [0, 0.05) is 18.4 Å². The first-order chi connectivity index (χ1) is 12.8. The number of hydrogen-bond acceptors (Lipinski definition) is 5. The van der Waals surface area contributed by atoms with Crippen molar-refractivity contribution in [3.63, 3.8) is 0 Å². The summed E-state index contributed by atoms with van der Waals surface area (Å²) in [6.07, 6.45) is 1.13. The van der Waals surface area contributed by atoms with Gasteiger partial charge in [-0.2, -0.15) is 14.0 Å². The molecule has 11 heteroatoms. The smallest absolute Gasteiger partial charge is 0.387 e. The standard InChI is InChI=1S/C16H13ClF2N4O4/c1-2-22-7-9(6-20)14(25)23(16(22)26)8-13(24)21-10-3-4-12(11(17)5-10)27-15(18)19/h3-5,7,15H,2,8H2,1H3,(H,21,24). The summed E-state index contributed by atoms with van der Waals surface area (Å²) in [7, 11) is 0. The summed E-state index contributed by atoms with van der Waals surface area (Å²) < 4.78 is 30.4. The van der Waals surface area contributed by atoms with Crippen LogP contribution in [0.1, 0.15) is 12.5 Å². The van der Waals surface area contributed by atoms with Crippen LogP contribution in [0.3, 0.4) is 0 Å². The molecule has 0 aliphatic carbocycles. The largest absolute Gasteiger partial charge is 0.433 e. The lowest BCUT2D eigenvalue weighted by Gasteiger charge is -2.11. The Balaban J connectivity index is 2.24. The summed E-state index contributed by atoms with van der Waals surface area (Å²) in [4.78, 5) is 36.5. The van der Waals surface area contributed by atoms with Crippen LogP contribution in [0.25, 0.3) is 0 Å². The Labute approximate surface area is 156 Å². The highest BCUT2D eigenvalue weighted by molar-refractivity contribution is 6.32. The molecule has 1 amide bonds. The normalized spacial score (nSPS) is 10.5. The maximum Gasteiger partial charge on any atom is 0.387 e. The number of aryl methyl sites for hydroxylation is 1. The molecule has 0 unspecified atom stereocenters. The van der Waals surface area contributed by atoms with Crippen molar-refractivity contribution in [2.75, 3.05) is 5.32 Å². The molecule has 0 saturated carbocycles. The van der Waals surface area contributed by atoms with Gasteiger partial charge >= 0.3 is 12.3 Å². The van der Waals surface area contributed by atoms with E-state index in [4.69, 9.17) is 16.9 Å². The molecular formula is C16H13ClF2N4O4. The first kappa shape index (κ1) is 20.1. The minimum atomic E-state index is -3.05. The van der Waals surface area contributed by atoms with Gasteiger partial charge in [-0.3, -0.25) is 14.2 Å². The number of benzene rings is 1. The third kappa shape index (κ3) is 4.71. The van der Waals surface area contributed by atoms with Gasteiger partial charge in [-0.1, -0.05) is 11.6 Å². The van der Waals surface area contributed by atoms with Gasteiger partial charge in [-0.25, -0.2) is 9.36 Å². The average molecular weight is 399 g/mol. The molecule has 2 rings (SSSR count). The lowest BCUT2D eigenvalue weighted by molar-refractivity contribution is -0.116. The van der Waals surface area contributed by atoms with Crippen molar-refractivity contribution in [1.29, 1.82) is 5.26 Å². The number of anilines is 1. The van der Waals surface area contributed by atoms with Gasteiger partial charge in [0.2, 0.25) is 5.91 Å². The van der Waals surface area contributed by atoms with Crippen LogP contribution in [-0.2, 0) is 17.9 Å². The molecule has 27 heavy (non-hydrogen) atoms. The molecular weight excluding hydrogens is 386 g/mol. The fraction of sp³-hybridized carbons (Fsp3) is 0.250. The second kappa shape index (κ2) is 8.46.